The molecule has 166 valence electrons. The predicted octanol–water partition coefficient (Wildman–Crippen LogP) is 4.96. The van der Waals surface area contributed by atoms with Gasteiger partial charge >= 0.3 is 0 Å². The van der Waals surface area contributed by atoms with E-state index in [-0.39, 0.29) is 23.4 Å². The van der Waals surface area contributed by atoms with Crippen molar-refractivity contribution >= 4 is 23.0 Å². The van der Waals surface area contributed by atoms with Gasteiger partial charge in [0.2, 0.25) is 0 Å². The summed E-state index contributed by atoms with van der Waals surface area (Å²) in [7, 11) is 0. The van der Waals surface area contributed by atoms with Crippen LogP contribution in [0.2, 0.25) is 0 Å². The van der Waals surface area contributed by atoms with Crippen molar-refractivity contribution in [1.82, 2.24) is 9.80 Å². The minimum atomic E-state index is -0.306. The highest BCUT2D eigenvalue weighted by atomic mass is 32.1. The lowest BCUT2D eigenvalue weighted by molar-refractivity contribution is 0.0755. The minimum Gasteiger partial charge on any atom is -0.339 e. The fourth-order valence-electron chi connectivity index (χ4n) is 4.75. The number of amides is 1. The number of piperidine rings is 1. The van der Waals surface area contributed by atoms with Gasteiger partial charge in [0.15, 0.2) is 5.78 Å². The highest BCUT2D eigenvalue weighted by Crippen LogP contribution is 2.27. The van der Waals surface area contributed by atoms with Gasteiger partial charge in [-0.15, -0.1) is 11.3 Å². The fourth-order valence-corrected chi connectivity index (χ4v) is 5.82. The first-order valence-corrected chi connectivity index (χ1v) is 12.2. The van der Waals surface area contributed by atoms with Crippen LogP contribution in [0.25, 0.3) is 0 Å². The minimum absolute atomic E-state index is 0.0414. The second-order valence-electron chi connectivity index (χ2n) is 8.78. The molecule has 0 radical (unpaired) electrons. The van der Waals surface area contributed by atoms with Gasteiger partial charge in [-0.3, -0.25) is 9.59 Å². The standard InChI is InChI=1S/C25H31FN2O2S/c1-18-17-22-23(31-18)5-4-14-28(25(22)30)13-3-2-12-27-15-10-20(11-16-27)24(29)19-6-8-21(26)9-7-19/h6-9,17,20H,2-5,10-16H2,1H3. The molecule has 0 saturated carbocycles. The Labute approximate surface area is 188 Å². The van der Waals surface area contributed by atoms with Gasteiger partial charge in [0.25, 0.3) is 5.91 Å². The molecule has 1 fully saturated rings. The second kappa shape index (κ2) is 10.0. The largest absolute Gasteiger partial charge is 0.339 e. The molecule has 6 heteroatoms. The van der Waals surface area contributed by atoms with Crippen molar-refractivity contribution < 1.29 is 14.0 Å². The van der Waals surface area contributed by atoms with Crippen LogP contribution in [0.3, 0.4) is 0 Å². The number of Topliss-reactive ketones (excluding diaryl/α,β-unsaturated/α-hetero) is 1. The van der Waals surface area contributed by atoms with Crippen LogP contribution in [-0.4, -0.2) is 54.2 Å². The van der Waals surface area contributed by atoms with Crippen molar-refractivity contribution in [2.24, 2.45) is 5.92 Å². The maximum Gasteiger partial charge on any atom is 0.254 e. The van der Waals surface area contributed by atoms with E-state index in [0.717, 1.165) is 76.8 Å². The number of hydrogen-bond acceptors (Lipinski definition) is 4. The quantitative estimate of drug-likeness (QED) is 0.450. The number of carbonyl (C=O) groups is 2. The lowest BCUT2D eigenvalue weighted by Crippen LogP contribution is -2.37. The van der Waals surface area contributed by atoms with Gasteiger partial charge in [-0.2, -0.15) is 0 Å². The van der Waals surface area contributed by atoms with Crippen molar-refractivity contribution in [3.63, 3.8) is 0 Å². The number of benzene rings is 1. The van der Waals surface area contributed by atoms with E-state index in [9.17, 15) is 14.0 Å². The highest BCUT2D eigenvalue weighted by Gasteiger charge is 2.26. The first-order valence-electron chi connectivity index (χ1n) is 11.4. The Morgan fingerprint density at radius 3 is 2.55 bits per heavy atom. The lowest BCUT2D eigenvalue weighted by Gasteiger charge is -2.31. The van der Waals surface area contributed by atoms with Crippen molar-refractivity contribution in [2.75, 3.05) is 32.7 Å². The molecule has 0 bridgehead atoms. The summed E-state index contributed by atoms with van der Waals surface area (Å²) >= 11 is 1.76. The Hall–Kier alpha value is -2.05. The number of carbonyl (C=O) groups excluding carboxylic acids is 2. The summed E-state index contributed by atoms with van der Waals surface area (Å²) in [5.41, 5.74) is 1.54. The Morgan fingerprint density at radius 1 is 1.10 bits per heavy atom. The SMILES string of the molecule is Cc1cc2c(s1)CCCN(CCCCN1CCC(C(=O)c3ccc(F)cc3)CC1)C2=O. The molecular weight excluding hydrogens is 411 g/mol. The molecule has 0 N–H and O–H groups in total. The van der Waals surface area contributed by atoms with Crippen LogP contribution in [0.4, 0.5) is 4.39 Å². The van der Waals surface area contributed by atoms with Crippen LogP contribution in [-0.2, 0) is 6.42 Å². The van der Waals surface area contributed by atoms with Gasteiger partial charge in [-0.1, -0.05) is 0 Å². The first kappa shape index (κ1) is 22.2. The summed E-state index contributed by atoms with van der Waals surface area (Å²) in [5.74, 6) is 0.0816. The second-order valence-corrected chi connectivity index (χ2v) is 10.1. The summed E-state index contributed by atoms with van der Waals surface area (Å²) in [5, 5.41) is 0. The number of nitrogens with zero attached hydrogens (tertiary/aromatic N) is 2. The van der Waals surface area contributed by atoms with Crippen LogP contribution in [0, 0.1) is 18.7 Å². The molecule has 2 aliphatic rings. The molecule has 1 saturated heterocycles. The topological polar surface area (TPSA) is 40.6 Å². The molecule has 4 nitrogen and oxygen atoms in total. The number of ketones is 1. The molecule has 0 atom stereocenters. The summed E-state index contributed by atoms with van der Waals surface area (Å²) in [6.07, 6.45) is 5.87. The predicted molar refractivity (Wildman–Crippen MR) is 122 cm³/mol. The maximum absolute atomic E-state index is 13.1. The Bertz CT molecular complexity index is 916. The van der Waals surface area contributed by atoms with Gasteiger partial charge < -0.3 is 9.80 Å². The van der Waals surface area contributed by atoms with Crippen molar-refractivity contribution in [3.8, 4) is 0 Å². The molecule has 1 amide bonds. The molecule has 2 aromatic rings. The van der Waals surface area contributed by atoms with E-state index >= 15 is 0 Å². The van der Waals surface area contributed by atoms with Crippen molar-refractivity contribution in [1.29, 1.82) is 0 Å². The van der Waals surface area contributed by atoms with E-state index in [2.05, 4.69) is 17.9 Å². The zero-order valence-electron chi connectivity index (χ0n) is 18.2. The maximum atomic E-state index is 13.1. The number of rotatable bonds is 7. The summed E-state index contributed by atoms with van der Waals surface area (Å²) in [4.78, 5) is 32.4. The third kappa shape index (κ3) is 5.42. The summed E-state index contributed by atoms with van der Waals surface area (Å²) < 4.78 is 13.1. The van der Waals surface area contributed by atoms with Crippen molar-refractivity contribution in [3.05, 3.63) is 57.0 Å². The number of fused-ring (bicyclic) bond motifs is 1. The monoisotopic (exact) mass is 442 g/mol. The van der Waals surface area contributed by atoms with Crippen molar-refractivity contribution in [2.45, 2.75) is 45.4 Å². The van der Waals surface area contributed by atoms with E-state index in [1.165, 1.54) is 21.9 Å². The number of likely N-dealkylation sites (tertiary alicyclic amines) is 1. The van der Waals surface area contributed by atoms with Crippen LogP contribution >= 0.6 is 11.3 Å². The molecule has 31 heavy (non-hydrogen) atoms. The molecule has 4 rings (SSSR count). The molecule has 1 aromatic heterocycles. The van der Waals surface area contributed by atoms with Crippen LogP contribution in [0.5, 0.6) is 0 Å². The van der Waals surface area contributed by atoms with E-state index in [0.29, 0.717) is 5.56 Å². The molecule has 0 spiro atoms. The number of halogens is 1. The summed E-state index contributed by atoms with van der Waals surface area (Å²) in [6, 6.07) is 7.95. The normalized spacial score (nSPS) is 18.1. The first-order chi connectivity index (χ1) is 15.0. The third-order valence-corrected chi connectivity index (χ3v) is 7.63. The smallest absolute Gasteiger partial charge is 0.254 e. The number of unbranched alkanes of at least 4 members (excludes halogenated alkanes) is 1. The molecule has 0 unspecified atom stereocenters. The molecule has 0 aliphatic carbocycles. The summed E-state index contributed by atoms with van der Waals surface area (Å²) in [6.45, 7) is 6.63. The van der Waals surface area contributed by atoms with Crippen LogP contribution in [0.15, 0.2) is 30.3 Å². The van der Waals surface area contributed by atoms with E-state index < -0.39 is 0 Å². The zero-order chi connectivity index (χ0) is 21.8. The average Bonchev–Trinajstić information content (AvgIpc) is 3.09. The fraction of sp³-hybridized carbons (Fsp3) is 0.520. The molecule has 2 aliphatic heterocycles. The Morgan fingerprint density at radius 2 is 1.81 bits per heavy atom. The average molecular weight is 443 g/mol. The van der Waals surface area contributed by atoms with Crippen LogP contribution < -0.4 is 0 Å². The Balaban J connectivity index is 1.18. The molecular formula is C25H31FN2O2S. The zero-order valence-corrected chi connectivity index (χ0v) is 19.1. The molecule has 1 aromatic carbocycles. The Kier molecular flexibility index (Phi) is 7.18. The number of aryl methyl sites for hydroxylation is 2. The van der Waals surface area contributed by atoms with Gasteiger partial charge in [-0.25, -0.2) is 4.39 Å². The van der Waals surface area contributed by atoms with E-state index in [1.807, 2.05) is 4.90 Å². The van der Waals surface area contributed by atoms with E-state index in [1.54, 1.807) is 23.5 Å². The lowest BCUT2D eigenvalue weighted by atomic mass is 9.89. The molecule has 3 heterocycles. The van der Waals surface area contributed by atoms with Gasteiger partial charge in [0.05, 0.1) is 5.56 Å². The van der Waals surface area contributed by atoms with Gasteiger partial charge in [-0.05, 0) is 95.4 Å². The van der Waals surface area contributed by atoms with Gasteiger partial charge in [0, 0.05) is 34.3 Å². The number of thiophene rings is 1. The van der Waals surface area contributed by atoms with Gasteiger partial charge in [0.1, 0.15) is 5.82 Å². The van der Waals surface area contributed by atoms with Crippen LogP contribution in [0.1, 0.15) is 62.6 Å². The van der Waals surface area contributed by atoms with E-state index in [4.69, 9.17) is 0 Å². The highest BCUT2D eigenvalue weighted by molar-refractivity contribution is 7.12. The third-order valence-electron chi connectivity index (χ3n) is 6.52. The number of hydrogen-bond donors (Lipinski definition) is 0.